The van der Waals surface area contributed by atoms with E-state index in [1.165, 1.54) is 24.0 Å². The van der Waals surface area contributed by atoms with Gasteiger partial charge in [0.1, 0.15) is 0 Å². The van der Waals surface area contributed by atoms with Crippen LogP contribution in [0.5, 0.6) is 0 Å². The summed E-state index contributed by atoms with van der Waals surface area (Å²) in [6.07, 6.45) is 2.45. The van der Waals surface area contributed by atoms with Crippen molar-refractivity contribution in [2.75, 3.05) is 13.2 Å². The Morgan fingerprint density at radius 3 is 2.39 bits per heavy atom. The van der Waals surface area contributed by atoms with Gasteiger partial charge in [-0.15, -0.1) is 0 Å². The van der Waals surface area contributed by atoms with Crippen LogP contribution in [0.25, 0.3) is 0 Å². The van der Waals surface area contributed by atoms with Crippen LogP contribution >= 0.6 is 0 Å². The van der Waals surface area contributed by atoms with Gasteiger partial charge in [-0.1, -0.05) is 43.7 Å². The Morgan fingerprint density at radius 1 is 1.22 bits per heavy atom. The highest BCUT2D eigenvalue weighted by atomic mass is 16.3. The van der Waals surface area contributed by atoms with Gasteiger partial charge in [-0.25, -0.2) is 0 Å². The van der Waals surface area contributed by atoms with Gasteiger partial charge in [0, 0.05) is 24.6 Å². The molecule has 0 radical (unpaired) electrons. The van der Waals surface area contributed by atoms with E-state index in [-0.39, 0.29) is 12.0 Å². The second-order valence-electron chi connectivity index (χ2n) is 6.48. The van der Waals surface area contributed by atoms with Gasteiger partial charge in [0.15, 0.2) is 0 Å². The number of rotatable bonds is 5. The van der Waals surface area contributed by atoms with Crippen molar-refractivity contribution in [1.82, 2.24) is 5.32 Å². The first-order valence-corrected chi connectivity index (χ1v) is 6.91. The van der Waals surface area contributed by atoms with Crippen molar-refractivity contribution in [3.63, 3.8) is 0 Å². The van der Waals surface area contributed by atoms with Gasteiger partial charge in [0.2, 0.25) is 0 Å². The number of hydrogen-bond donors (Lipinski definition) is 2. The van der Waals surface area contributed by atoms with Crippen LogP contribution in [0, 0.1) is 12.3 Å². The first-order chi connectivity index (χ1) is 8.50. The molecule has 2 nitrogen and oxygen atoms in total. The summed E-state index contributed by atoms with van der Waals surface area (Å²) in [5.74, 6) is 0.723. The number of benzene rings is 1. The maximum absolute atomic E-state index is 9.21. The molecule has 0 spiro atoms. The maximum Gasteiger partial charge on any atom is 0.0494 e. The number of aliphatic hydroxyl groups excluding tert-OH is 1. The van der Waals surface area contributed by atoms with Gasteiger partial charge in [0.05, 0.1) is 0 Å². The Labute approximate surface area is 110 Å². The van der Waals surface area contributed by atoms with Crippen LogP contribution in [-0.4, -0.2) is 24.3 Å². The smallest absolute Gasteiger partial charge is 0.0494 e. The van der Waals surface area contributed by atoms with Gasteiger partial charge in [-0.2, -0.15) is 0 Å². The second kappa shape index (κ2) is 5.41. The van der Waals surface area contributed by atoms with Crippen molar-refractivity contribution in [1.29, 1.82) is 0 Å². The fourth-order valence-electron chi connectivity index (χ4n) is 2.37. The molecular formula is C16H25NO. The van der Waals surface area contributed by atoms with Gasteiger partial charge < -0.3 is 10.4 Å². The maximum atomic E-state index is 9.21. The molecule has 1 aromatic rings. The molecule has 1 fully saturated rings. The van der Waals surface area contributed by atoms with E-state index in [0.29, 0.717) is 6.04 Å². The summed E-state index contributed by atoms with van der Waals surface area (Å²) in [6, 6.07) is 9.54. The first kappa shape index (κ1) is 13.6. The number of aliphatic hydroxyl groups is 1. The molecular weight excluding hydrogens is 222 g/mol. The SMILES string of the molecule is Cc1ccc(C2CC(NCC(C)(C)CO)C2)cc1. The van der Waals surface area contributed by atoms with Gasteiger partial charge >= 0.3 is 0 Å². The lowest BCUT2D eigenvalue weighted by Crippen LogP contribution is -2.44. The van der Waals surface area contributed by atoms with Crippen molar-refractivity contribution in [2.24, 2.45) is 5.41 Å². The zero-order valence-electron chi connectivity index (χ0n) is 11.7. The number of nitrogens with one attached hydrogen (secondary N) is 1. The monoisotopic (exact) mass is 247 g/mol. The average Bonchev–Trinajstić information content (AvgIpc) is 2.29. The second-order valence-corrected chi connectivity index (χ2v) is 6.48. The zero-order chi connectivity index (χ0) is 13.2. The molecule has 2 heteroatoms. The lowest BCUT2D eigenvalue weighted by Gasteiger charge is -2.38. The van der Waals surface area contributed by atoms with E-state index in [1.807, 2.05) is 0 Å². The fraction of sp³-hybridized carbons (Fsp3) is 0.625. The highest BCUT2D eigenvalue weighted by molar-refractivity contribution is 5.26. The molecule has 1 aromatic carbocycles. The Bertz CT molecular complexity index is 377. The topological polar surface area (TPSA) is 32.3 Å². The van der Waals surface area contributed by atoms with E-state index in [2.05, 4.69) is 50.4 Å². The molecule has 0 unspecified atom stereocenters. The van der Waals surface area contributed by atoms with Crippen molar-refractivity contribution in [3.05, 3.63) is 35.4 Å². The van der Waals surface area contributed by atoms with Crippen molar-refractivity contribution >= 4 is 0 Å². The van der Waals surface area contributed by atoms with Gasteiger partial charge in [-0.05, 0) is 31.2 Å². The highest BCUT2D eigenvalue weighted by Crippen LogP contribution is 2.37. The lowest BCUT2D eigenvalue weighted by atomic mass is 9.75. The molecule has 0 atom stereocenters. The molecule has 100 valence electrons. The quantitative estimate of drug-likeness (QED) is 0.838. The van der Waals surface area contributed by atoms with Crippen LogP contribution in [0.2, 0.25) is 0 Å². The van der Waals surface area contributed by atoms with E-state index in [9.17, 15) is 5.11 Å². The minimum Gasteiger partial charge on any atom is -0.396 e. The minimum atomic E-state index is -0.00501. The minimum absolute atomic E-state index is 0.00501. The van der Waals surface area contributed by atoms with E-state index >= 15 is 0 Å². The molecule has 0 saturated heterocycles. The third-order valence-corrected chi connectivity index (χ3v) is 3.98. The summed E-state index contributed by atoms with van der Waals surface area (Å²) in [5.41, 5.74) is 2.80. The van der Waals surface area contributed by atoms with Crippen LogP contribution in [0.4, 0.5) is 0 Å². The van der Waals surface area contributed by atoms with Crippen LogP contribution in [0.15, 0.2) is 24.3 Å². The molecule has 0 aromatic heterocycles. The highest BCUT2D eigenvalue weighted by Gasteiger charge is 2.31. The van der Waals surface area contributed by atoms with Crippen LogP contribution in [-0.2, 0) is 0 Å². The van der Waals surface area contributed by atoms with E-state index in [0.717, 1.165) is 12.5 Å². The molecule has 0 amide bonds. The molecule has 2 N–H and O–H groups in total. The normalized spacial score (nSPS) is 23.8. The molecule has 1 saturated carbocycles. The third kappa shape index (κ3) is 3.33. The fourth-order valence-corrected chi connectivity index (χ4v) is 2.37. The molecule has 1 aliphatic carbocycles. The van der Waals surface area contributed by atoms with Crippen LogP contribution < -0.4 is 5.32 Å². The summed E-state index contributed by atoms with van der Waals surface area (Å²) in [6.45, 7) is 7.46. The van der Waals surface area contributed by atoms with Gasteiger partial charge in [0.25, 0.3) is 0 Å². The van der Waals surface area contributed by atoms with Gasteiger partial charge in [-0.3, -0.25) is 0 Å². The van der Waals surface area contributed by atoms with Crippen molar-refractivity contribution in [3.8, 4) is 0 Å². The summed E-state index contributed by atoms with van der Waals surface area (Å²) >= 11 is 0. The van der Waals surface area contributed by atoms with E-state index in [1.54, 1.807) is 0 Å². The predicted octanol–water partition coefficient (Wildman–Crippen LogP) is 2.85. The zero-order valence-corrected chi connectivity index (χ0v) is 11.7. The predicted molar refractivity (Wildman–Crippen MR) is 75.8 cm³/mol. The lowest BCUT2D eigenvalue weighted by molar-refractivity contribution is 0.143. The molecule has 18 heavy (non-hydrogen) atoms. The Hall–Kier alpha value is -0.860. The summed E-state index contributed by atoms with van der Waals surface area (Å²) in [7, 11) is 0. The summed E-state index contributed by atoms with van der Waals surface area (Å²) in [5, 5.41) is 12.8. The van der Waals surface area contributed by atoms with Crippen LogP contribution in [0.1, 0.15) is 43.7 Å². The first-order valence-electron chi connectivity index (χ1n) is 6.91. The largest absolute Gasteiger partial charge is 0.396 e. The summed E-state index contributed by atoms with van der Waals surface area (Å²) < 4.78 is 0. The molecule has 1 aliphatic rings. The number of aryl methyl sites for hydroxylation is 1. The molecule has 0 bridgehead atoms. The van der Waals surface area contributed by atoms with Crippen LogP contribution in [0.3, 0.4) is 0 Å². The Morgan fingerprint density at radius 2 is 1.83 bits per heavy atom. The molecule has 0 aliphatic heterocycles. The third-order valence-electron chi connectivity index (χ3n) is 3.98. The standard InChI is InChI=1S/C16H25NO/c1-12-4-6-13(7-5-12)14-8-15(9-14)17-10-16(2,3)11-18/h4-7,14-15,17-18H,8-11H2,1-3H3. The Kier molecular flexibility index (Phi) is 4.08. The molecule has 2 rings (SSSR count). The number of hydrogen-bond acceptors (Lipinski definition) is 2. The average molecular weight is 247 g/mol. The van der Waals surface area contributed by atoms with Crippen molar-refractivity contribution < 1.29 is 5.11 Å². The van der Waals surface area contributed by atoms with Crippen molar-refractivity contribution in [2.45, 2.75) is 45.6 Å². The van der Waals surface area contributed by atoms with E-state index in [4.69, 9.17) is 0 Å². The Balaban J connectivity index is 1.75. The summed E-state index contributed by atoms with van der Waals surface area (Å²) in [4.78, 5) is 0. The molecule has 0 heterocycles. The van der Waals surface area contributed by atoms with E-state index < -0.39 is 0 Å².